The van der Waals surface area contributed by atoms with E-state index in [2.05, 4.69) is 52.3 Å². The van der Waals surface area contributed by atoms with Crippen LogP contribution in [0, 0.1) is 0 Å². The average molecular weight is 670 g/mol. The molecule has 1 heterocycles. The maximum atomic E-state index is 12.7. The highest BCUT2D eigenvalue weighted by molar-refractivity contribution is 5.86. The lowest BCUT2D eigenvalue weighted by Gasteiger charge is -2.45. The second-order valence-corrected chi connectivity index (χ2v) is 12.8. The first kappa shape index (κ1) is 37.6. The molecule has 3 aromatic carbocycles. The Kier molecular flexibility index (Phi) is 14.6. The van der Waals surface area contributed by atoms with E-state index in [0.29, 0.717) is 6.04 Å². The Morgan fingerprint density at radius 3 is 1.65 bits per heavy atom. The van der Waals surface area contributed by atoms with Crippen LogP contribution in [0.4, 0.5) is 0 Å². The number of hydrogen-bond acceptors (Lipinski definition) is 5. The van der Waals surface area contributed by atoms with Gasteiger partial charge in [-0.1, -0.05) is 110 Å². The molecule has 0 spiro atoms. The molecule has 0 amide bonds. The molecule has 0 radical (unpaired) electrons. The SMILES string of the molecule is COC(=O)C1(c2ccccc2)CCC(N2CCN(Cc3ccccc3)CC2)CC1.Cl.Cl.O=C(O)C1(c2ccccc2)CCCCC1. The fraction of sp³-hybridized carbons (Fsp3) is 0.474. The summed E-state index contributed by atoms with van der Waals surface area (Å²) in [7, 11) is 1.52. The van der Waals surface area contributed by atoms with Crippen LogP contribution in [0.15, 0.2) is 91.0 Å². The van der Waals surface area contributed by atoms with Gasteiger partial charge in [-0.2, -0.15) is 0 Å². The van der Waals surface area contributed by atoms with Crippen molar-refractivity contribution in [1.29, 1.82) is 0 Å². The maximum Gasteiger partial charge on any atom is 0.316 e. The summed E-state index contributed by atoms with van der Waals surface area (Å²) in [4.78, 5) is 29.4. The van der Waals surface area contributed by atoms with Crippen LogP contribution < -0.4 is 0 Å². The largest absolute Gasteiger partial charge is 0.481 e. The number of methoxy groups -OCH3 is 1. The summed E-state index contributed by atoms with van der Waals surface area (Å²) in [5, 5.41) is 9.44. The lowest BCUT2D eigenvalue weighted by molar-refractivity contribution is -0.149. The van der Waals surface area contributed by atoms with Crippen molar-refractivity contribution in [2.75, 3.05) is 33.3 Å². The number of esters is 1. The van der Waals surface area contributed by atoms with Gasteiger partial charge in [-0.15, -0.1) is 24.8 Å². The zero-order valence-corrected chi connectivity index (χ0v) is 28.7. The van der Waals surface area contributed by atoms with E-state index in [0.717, 1.165) is 95.2 Å². The van der Waals surface area contributed by atoms with Gasteiger partial charge in [0.15, 0.2) is 0 Å². The highest BCUT2D eigenvalue weighted by atomic mass is 35.5. The molecule has 6 nitrogen and oxygen atoms in total. The Hall–Kier alpha value is -2.90. The third-order valence-electron chi connectivity index (χ3n) is 10.3. The number of carbonyl (C=O) groups excluding carboxylic acids is 1. The van der Waals surface area contributed by atoms with E-state index in [1.54, 1.807) is 0 Å². The average Bonchev–Trinajstić information content (AvgIpc) is 3.10. The van der Waals surface area contributed by atoms with E-state index in [1.165, 1.54) is 19.1 Å². The summed E-state index contributed by atoms with van der Waals surface area (Å²) in [6.45, 7) is 5.51. The Morgan fingerprint density at radius 1 is 0.696 bits per heavy atom. The predicted octanol–water partition coefficient (Wildman–Crippen LogP) is 7.67. The Labute approximate surface area is 287 Å². The van der Waals surface area contributed by atoms with Crippen molar-refractivity contribution in [3.63, 3.8) is 0 Å². The molecule has 3 fully saturated rings. The maximum absolute atomic E-state index is 12.7. The molecule has 8 heteroatoms. The van der Waals surface area contributed by atoms with Crippen LogP contribution in [0.1, 0.15) is 74.5 Å². The zero-order chi connectivity index (χ0) is 30.8. The van der Waals surface area contributed by atoms with Crippen molar-refractivity contribution in [3.05, 3.63) is 108 Å². The summed E-state index contributed by atoms with van der Waals surface area (Å²) in [5.74, 6) is -0.733. The minimum absolute atomic E-state index is 0. The Morgan fingerprint density at radius 2 is 1.17 bits per heavy atom. The number of aliphatic carboxylic acids is 1. The number of carbonyl (C=O) groups is 2. The van der Waals surface area contributed by atoms with Gasteiger partial charge >= 0.3 is 11.9 Å². The first-order valence-corrected chi connectivity index (χ1v) is 16.4. The van der Waals surface area contributed by atoms with Gasteiger partial charge in [0.05, 0.1) is 17.9 Å². The molecule has 1 N–H and O–H groups in total. The monoisotopic (exact) mass is 668 g/mol. The number of carboxylic acid groups (broad SMARTS) is 1. The van der Waals surface area contributed by atoms with E-state index in [4.69, 9.17) is 4.74 Å². The smallest absolute Gasteiger partial charge is 0.316 e. The van der Waals surface area contributed by atoms with Crippen LogP contribution in [0.3, 0.4) is 0 Å². The highest BCUT2D eigenvalue weighted by Gasteiger charge is 2.45. The molecular formula is C38H50Cl2N2O4. The molecule has 1 aliphatic heterocycles. The third-order valence-corrected chi connectivity index (χ3v) is 10.3. The lowest BCUT2D eigenvalue weighted by atomic mass is 9.68. The molecule has 0 bridgehead atoms. The van der Waals surface area contributed by atoms with E-state index in [-0.39, 0.29) is 30.8 Å². The second-order valence-electron chi connectivity index (χ2n) is 12.8. The van der Waals surface area contributed by atoms with Gasteiger partial charge in [0.1, 0.15) is 0 Å². The fourth-order valence-electron chi connectivity index (χ4n) is 7.69. The molecule has 3 aliphatic rings. The van der Waals surface area contributed by atoms with Crippen LogP contribution in [0.5, 0.6) is 0 Å². The van der Waals surface area contributed by atoms with E-state index < -0.39 is 16.8 Å². The number of piperazine rings is 1. The first-order chi connectivity index (χ1) is 21.5. The lowest BCUT2D eigenvalue weighted by Crippen LogP contribution is -2.52. The zero-order valence-electron chi connectivity index (χ0n) is 27.0. The predicted molar refractivity (Wildman–Crippen MR) is 189 cm³/mol. The molecule has 2 saturated carbocycles. The van der Waals surface area contributed by atoms with Crippen molar-refractivity contribution in [1.82, 2.24) is 9.80 Å². The van der Waals surface area contributed by atoms with Gasteiger partial charge in [0.25, 0.3) is 0 Å². The summed E-state index contributed by atoms with van der Waals surface area (Å²) < 4.78 is 5.24. The van der Waals surface area contributed by atoms with E-state index >= 15 is 0 Å². The second kappa shape index (κ2) is 17.9. The van der Waals surface area contributed by atoms with Crippen molar-refractivity contribution in [3.8, 4) is 0 Å². The van der Waals surface area contributed by atoms with E-state index in [9.17, 15) is 14.7 Å². The molecule has 46 heavy (non-hydrogen) atoms. The molecule has 2 aliphatic carbocycles. The number of carboxylic acids is 1. The normalized spacial score (nSPS) is 22.9. The van der Waals surface area contributed by atoms with Crippen molar-refractivity contribution >= 4 is 36.8 Å². The minimum atomic E-state index is -0.659. The highest BCUT2D eigenvalue weighted by Crippen LogP contribution is 2.42. The summed E-state index contributed by atoms with van der Waals surface area (Å²) >= 11 is 0. The molecule has 6 rings (SSSR count). The first-order valence-electron chi connectivity index (χ1n) is 16.4. The molecular weight excluding hydrogens is 619 g/mol. The molecule has 0 aromatic heterocycles. The number of halogens is 2. The minimum Gasteiger partial charge on any atom is -0.481 e. The Balaban J connectivity index is 0.000000288. The number of nitrogens with zero attached hydrogens (tertiary/aromatic N) is 2. The van der Waals surface area contributed by atoms with Crippen molar-refractivity contribution < 1.29 is 19.4 Å². The third kappa shape index (κ3) is 8.71. The van der Waals surface area contributed by atoms with Gasteiger partial charge in [0.2, 0.25) is 0 Å². The summed E-state index contributed by atoms with van der Waals surface area (Å²) in [5.41, 5.74) is 2.39. The topological polar surface area (TPSA) is 70.1 Å². The van der Waals surface area contributed by atoms with Gasteiger partial charge in [-0.25, -0.2) is 0 Å². The molecule has 0 atom stereocenters. The van der Waals surface area contributed by atoms with Gasteiger partial charge < -0.3 is 9.84 Å². The number of ether oxygens (including phenoxy) is 1. The van der Waals surface area contributed by atoms with Crippen molar-refractivity contribution in [2.45, 2.75) is 81.2 Å². The summed E-state index contributed by atoms with van der Waals surface area (Å²) in [6, 6.07) is 31.2. The van der Waals surface area contributed by atoms with Crippen LogP contribution >= 0.6 is 24.8 Å². The van der Waals surface area contributed by atoms with E-state index in [1.807, 2.05) is 48.5 Å². The molecule has 0 unspecified atom stereocenters. The van der Waals surface area contributed by atoms with Crippen molar-refractivity contribution in [2.24, 2.45) is 0 Å². The molecule has 3 aromatic rings. The van der Waals surface area contributed by atoms with Crippen LogP contribution in [-0.2, 0) is 31.7 Å². The van der Waals surface area contributed by atoms with Crippen LogP contribution in [0.2, 0.25) is 0 Å². The molecule has 250 valence electrons. The van der Waals surface area contributed by atoms with Crippen LogP contribution in [0.25, 0.3) is 0 Å². The summed E-state index contributed by atoms with van der Waals surface area (Å²) in [6.07, 6.45) is 8.66. The van der Waals surface area contributed by atoms with Gasteiger partial charge in [-0.3, -0.25) is 19.4 Å². The number of rotatable bonds is 7. The van der Waals surface area contributed by atoms with Gasteiger partial charge in [-0.05, 0) is 55.2 Å². The fourth-order valence-corrected chi connectivity index (χ4v) is 7.69. The standard InChI is InChI=1S/C25H32N2O2.C13H16O2.2ClH/c1-29-24(28)25(22-10-6-3-7-11-22)14-12-23(13-15-25)27-18-16-26(17-19-27)20-21-8-4-2-5-9-21;14-12(15)13(9-5-2-6-10-13)11-7-3-1-4-8-11;;/h2-11,23H,12-20H2,1H3;1,3-4,7-8H,2,5-6,9-10H2,(H,14,15);2*1H. The number of hydrogen-bond donors (Lipinski definition) is 1. The van der Waals surface area contributed by atoms with Crippen LogP contribution in [-0.4, -0.2) is 66.2 Å². The molecule has 1 saturated heterocycles. The number of benzene rings is 3. The Bertz CT molecular complexity index is 1320. The van der Waals surface area contributed by atoms with Gasteiger partial charge in [0, 0.05) is 38.8 Å². The quantitative estimate of drug-likeness (QED) is 0.261.